The van der Waals surface area contributed by atoms with Crippen molar-refractivity contribution in [3.63, 3.8) is 0 Å². The van der Waals surface area contributed by atoms with E-state index in [-0.39, 0.29) is 28.5 Å². The number of hydrogen-bond donors (Lipinski definition) is 0. The molecule has 0 saturated heterocycles. The lowest BCUT2D eigenvalue weighted by Crippen LogP contribution is -2.56. The molecule has 12 aromatic rings. The molecule has 10 aromatic carbocycles. The summed E-state index contributed by atoms with van der Waals surface area (Å²) >= 11 is 0. The van der Waals surface area contributed by atoms with Gasteiger partial charge in [0.25, 0.3) is 0 Å². The second-order valence-corrected chi connectivity index (χ2v) is 27.4. The number of fused-ring (bicyclic) bond motifs is 9. The Morgan fingerprint density at radius 3 is 1.58 bits per heavy atom. The van der Waals surface area contributed by atoms with Crippen LogP contribution in [0.15, 0.2) is 223 Å². The average Bonchev–Trinajstić information content (AvgIpc) is 1.68. The average molecular weight is 1080 g/mol. The van der Waals surface area contributed by atoms with Crippen molar-refractivity contribution in [1.29, 1.82) is 0 Å². The fourth-order valence-corrected chi connectivity index (χ4v) is 13.2. The molecule has 4 nitrogen and oxygen atoms in total. The fraction of sp³-hybridized carbons (Fsp3) is 0.205. The molecular formula is C78H72BN3O. The first-order chi connectivity index (χ1) is 39.7. The Morgan fingerprint density at radius 2 is 0.952 bits per heavy atom. The Labute approximate surface area is 490 Å². The minimum absolute atomic E-state index is 0.0461. The first-order valence-electron chi connectivity index (χ1n) is 29.7. The number of rotatable bonds is 7. The van der Waals surface area contributed by atoms with Gasteiger partial charge >= 0.3 is 6.85 Å². The van der Waals surface area contributed by atoms with Gasteiger partial charge in [-0.2, -0.15) is 0 Å². The lowest BCUT2D eigenvalue weighted by atomic mass is 9.47. The maximum Gasteiger partial charge on any atom is 0.375 e. The SMILES string of the molecule is CC(C)(C)c1ccc(-c2ccc(N3c4cc(C(C)(C)C)cc5c4B(c4oc6ccc(-c7ccc(C(C)(C)C)cc7)cc6c43)n3c4ccc(C(C)(C)C)cc4c4c(N(c6ccccc6)c6ccccc6-c6ccccc6)ccc-5c43)cc2)cc1. The van der Waals surface area contributed by atoms with Crippen LogP contribution in [-0.4, -0.2) is 11.3 Å². The number of nitrogens with zero attached hydrogens (tertiary/aromatic N) is 3. The van der Waals surface area contributed by atoms with Crippen LogP contribution in [0.3, 0.4) is 0 Å². The molecule has 5 heteroatoms. The van der Waals surface area contributed by atoms with Crippen LogP contribution in [0.2, 0.25) is 0 Å². The Morgan fingerprint density at radius 1 is 0.398 bits per heavy atom. The molecular weight excluding hydrogens is 1010 g/mol. The molecule has 0 aliphatic carbocycles. The van der Waals surface area contributed by atoms with Crippen LogP contribution in [0.5, 0.6) is 0 Å². The molecule has 0 atom stereocenters. The predicted octanol–water partition coefficient (Wildman–Crippen LogP) is 20.6. The molecule has 0 N–H and O–H groups in total. The van der Waals surface area contributed by atoms with Gasteiger partial charge in [0.05, 0.1) is 17.1 Å². The standard InChI is InChI=1S/C78H72BN3O/c1-75(2,3)54-34-27-49(28-35-54)50-31-39-59(40-32-50)81-68-48-57(78(10,11)12)47-62-61-41-43-67(80(58-23-17-14-18-24-58)65-26-20-19-25-60(65)52-21-15-13-16-22-52)70-63-46-56(77(7,8)9)38-42-66(63)82(72(61)70)79(71(62)68)74-73(81)64-45-53(33-44-69(64)83-74)51-29-36-55(37-30-51)76(4,5)6/h13-48H,1-12H3. The Kier molecular flexibility index (Phi) is 11.9. The van der Waals surface area contributed by atoms with Crippen molar-refractivity contribution in [2.45, 2.75) is 105 Å². The van der Waals surface area contributed by atoms with Gasteiger partial charge < -0.3 is 18.7 Å². The van der Waals surface area contributed by atoms with Gasteiger partial charge in [-0.25, -0.2) is 0 Å². The minimum Gasteiger partial charge on any atom is -0.466 e. The summed E-state index contributed by atoms with van der Waals surface area (Å²) in [5.41, 5.74) is 26.7. The molecule has 0 saturated carbocycles. The van der Waals surface area contributed by atoms with E-state index in [1.54, 1.807) is 0 Å². The van der Waals surface area contributed by atoms with E-state index in [4.69, 9.17) is 4.42 Å². The number of furan rings is 1. The molecule has 83 heavy (non-hydrogen) atoms. The third-order valence-corrected chi connectivity index (χ3v) is 17.8. The van der Waals surface area contributed by atoms with Gasteiger partial charge in [0.1, 0.15) is 11.2 Å². The summed E-state index contributed by atoms with van der Waals surface area (Å²) in [5, 5.41) is 3.53. The van der Waals surface area contributed by atoms with E-state index >= 15 is 0 Å². The number of anilines is 6. The van der Waals surface area contributed by atoms with Crippen LogP contribution in [0.1, 0.15) is 105 Å². The minimum atomic E-state index is -0.312. The van der Waals surface area contributed by atoms with Crippen molar-refractivity contribution in [1.82, 2.24) is 4.48 Å². The van der Waals surface area contributed by atoms with E-state index in [9.17, 15) is 0 Å². The number of aromatic nitrogens is 1. The van der Waals surface area contributed by atoms with Gasteiger partial charge in [0.15, 0.2) is 0 Å². The Balaban J connectivity index is 1.08. The highest BCUT2D eigenvalue weighted by atomic mass is 16.3. The molecule has 0 bridgehead atoms. The van der Waals surface area contributed by atoms with E-state index in [2.05, 4.69) is 316 Å². The van der Waals surface area contributed by atoms with Crippen molar-refractivity contribution < 1.29 is 4.42 Å². The number of benzene rings is 10. The second-order valence-electron chi connectivity index (χ2n) is 27.4. The van der Waals surface area contributed by atoms with Crippen LogP contribution < -0.4 is 20.9 Å². The molecule has 0 unspecified atom stereocenters. The molecule has 2 aromatic heterocycles. The highest BCUT2D eigenvalue weighted by Gasteiger charge is 2.47. The van der Waals surface area contributed by atoms with Crippen molar-refractivity contribution in [2.24, 2.45) is 0 Å². The smallest absolute Gasteiger partial charge is 0.375 e. The summed E-state index contributed by atoms with van der Waals surface area (Å²) in [6, 6.07) is 82.2. The quantitative estimate of drug-likeness (QED) is 0.149. The van der Waals surface area contributed by atoms with Gasteiger partial charge in [-0.05, 0) is 149 Å². The lowest BCUT2D eigenvalue weighted by molar-refractivity contribution is 0.590. The fourth-order valence-electron chi connectivity index (χ4n) is 13.2. The molecule has 0 fully saturated rings. The van der Waals surface area contributed by atoms with Crippen molar-refractivity contribution in [3.8, 4) is 44.5 Å². The molecule has 14 rings (SSSR count). The normalized spacial score (nSPS) is 13.3. The number of para-hydroxylation sites is 2. The summed E-state index contributed by atoms with van der Waals surface area (Å²) in [6.07, 6.45) is 0. The van der Waals surface area contributed by atoms with Crippen LogP contribution in [0.4, 0.5) is 34.1 Å². The van der Waals surface area contributed by atoms with E-state index < -0.39 is 0 Å². The highest BCUT2D eigenvalue weighted by Crippen LogP contribution is 2.53. The Hall–Kier alpha value is -8.80. The second kappa shape index (κ2) is 18.9. The maximum absolute atomic E-state index is 7.63. The molecule has 2 aliphatic heterocycles. The van der Waals surface area contributed by atoms with Gasteiger partial charge in [-0.3, -0.25) is 0 Å². The lowest BCUT2D eigenvalue weighted by Gasteiger charge is -2.39. The van der Waals surface area contributed by atoms with E-state index in [1.807, 2.05) is 0 Å². The van der Waals surface area contributed by atoms with Gasteiger partial charge in [-0.15, -0.1) is 0 Å². The zero-order valence-corrected chi connectivity index (χ0v) is 50.1. The van der Waals surface area contributed by atoms with Crippen LogP contribution >= 0.6 is 0 Å². The van der Waals surface area contributed by atoms with Gasteiger partial charge in [-0.1, -0.05) is 235 Å². The molecule has 2 aliphatic rings. The number of hydrogen-bond acceptors (Lipinski definition) is 3. The molecule has 4 heterocycles. The first kappa shape index (κ1) is 52.3. The maximum atomic E-state index is 7.63. The summed E-state index contributed by atoms with van der Waals surface area (Å²) < 4.78 is 10.3. The van der Waals surface area contributed by atoms with Crippen LogP contribution in [0, 0.1) is 0 Å². The van der Waals surface area contributed by atoms with Crippen LogP contribution in [-0.2, 0) is 21.7 Å². The van der Waals surface area contributed by atoms with Crippen molar-refractivity contribution in [2.75, 3.05) is 9.80 Å². The van der Waals surface area contributed by atoms with Gasteiger partial charge in [0, 0.05) is 55.4 Å². The summed E-state index contributed by atoms with van der Waals surface area (Å²) in [7, 11) is 0. The molecule has 0 amide bonds. The summed E-state index contributed by atoms with van der Waals surface area (Å²) in [5.74, 6) is 0. The third-order valence-electron chi connectivity index (χ3n) is 17.8. The summed E-state index contributed by atoms with van der Waals surface area (Å²) in [6.45, 7) is 27.4. The van der Waals surface area contributed by atoms with E-state index in [0.29, 0.717) is 0 Å². The van der Waals surface area contributed by atoms with Gasteiger partial charge in [0.2, 0.25) is 0 Å². The highest BCUT2D eigenvalue weighted by molar-refractivity contribution is 6.89. The largest absolute Gasteiger partial charge is 0.466 e. The predicted molar refractivity (Wildman–Crippen MR) is 356 cm³/mol. The third kappa shape index (κ3) is 8.64. The Bertz CT molecular complexity index is 4500. The zero-order chi connectivity index (χ0) is 57.5. The van der Waals surface area contributed by atoms with Crippen molar-refractivity contribution in [3.05, 3.63) is 241 Å². The van der Waals surface area contributed by atoms with E-state index in [1.165, 1.54) is 94.2 Å². The monoisotopic (exact) mass is 1080 g/mol. The van der Waals surface area contributed by atoms with Crippen molar-refractivity contribution >= 4 is 84.9 Å². The zero-order valence-electron chi connectivity index (χ0n) is 50.1. The molecule has 408 valence electrons. The van der Waals surface area contributed by atoms with Crippen LogP contribution in [0.25, 0.3) is 77.3 Å². The molecule has 0 spiro atoms. The topological polar surface area (TPSA) is 24.6 Å². The van der Waals surface area contributed by atoms with E-state index in [0.717, 1.165) is 50.6 Å². The molecule has 0 radical (unpaired) electrons. The summed E-state index contributed by atoms with van der Waals surface area (Å²) in [4.78, 5) is 5.05. The first-order valence-corrected chi connectivity index (χ1v) is 29.7.